The number of aryl methyl sites for hydroxylation is 1. The fourth-order valence-corrected chi connectivity index (χ4v) is 1.47. The Balaban J connectivity index is -0.0000000899. The third-order valence-corrected chi connectivity index (χ3v) is 2.60. The maximum Gasteiger partial charge on any atom is 0.0761 e. The number of allylic oxidation sites excluding steroid dienone is 4. The summed E-state index contributed by atoms with van der Waals surface area (Å²) in [4.78, 5) is 3.88. The van der Waals surface area contributed by atoms with Crippen molar-refractivity contribution in [2.24, 2.45) is 0 Å². The van der Waals surface area contributed by atoms with Crippen molar-refractivity contribution in [1.29, 1.82) is 0 Å². The highest BCUT2D eigenvalue weighted by Crippen LogP contribution is 2.12. The number of hydrogen-bond donors (Lipinski definition) is 1. The molecule has 0 aromatic carbocycles. The van der Waals surface area contributed by atoms with Gasteiger partial charge in [0.05, 0.1) is 6.10 Å². The predicted molar refractivity (Wildman–Crippen MR) is 133 cm³/mol. The average molecular weight is 394 g/mol. The van der Waals surface area contributed by atoms with E-state index in [0.717, 1.165) is 12.0 Å². The molecule has 1 aliphatic rings. The van der Waals surface area contributed by atoms with Crippen LogP contribution in [0.2, 0.25) is 0 Å². The van der Waals surface area contributed by atoms with Crippen LogP contribution in [0.5, 0.6) is 0 Å². The second-order valence-corrected chi connectivity index (χ2v) is 4.49. The molecule has 0 bridgehead atoms. The van der Waals surface area contributed by atoms with E-state index in [1.165, 1.54) is 11.1 Å². The smallest absolute Gasteiger partial charge is 0.0761 e. The lowest BCUT2D eigenvalue weighted by atomic mass is 10.1. The van der Waals surface area contributed by atoms with Crippen LogP contribution in [0.1, 0.15) is 95.1 Å². The van der Waals surface area contributed by atoms with Crippen molar-refractivity contribution in [1.82, 2.24) is 4.98 Å². The van der Waals surface area contributed by atoms with E-state index in [2.05, 4.69) is 24.1 Å². The van der Waals surface area contributed by atoms with Crippen LogP contribution in [0, 0.1) is 6.92 Å². The number of aliphatic hydroxyl groups is 1. The Labute approximate surface area is 178 Å². The summed E-state index contributed by atoms with van der Waals surface area (Å²) in [5.41, 5.74) is 3.53. The fraction of sp³-hybridized carbons (Fsp3) is 0.577. The molecule has 2 rings (SSSR count). The molecule has 2 nitrogen and oxygen atoms in total. The first-order valence-corrected chi connectivity index (χ1v) is 11.2. The Bertz CT molecular complexity index is 443. The molecule has 166 valence electrons. The van der Waals surface area contributed by atoms with Gasteiger partial charge in [-0.15, -0.1) is 0 Å². The second-order valence-electron chi connectivity index (χ2n) is 4.49. The van der Waals surface area contributed by atoms with Crippen molar-refractivity contribution in [2.75, 3.05) is 0 Å². The Morgan fingerprint density at radius 1 is 0.857 bits per heavy atom. The summed E-state index contributed by atoms with van der Waals surface area (Å²) in [6.07, 6.45) is 12.3. The maximum absolute atomic E-state index is 9.24. The molecule has 1 aliphatic carbocycles. The number of nitrogens with zero attached hydrogens (tertiary/aromatic N) is 1. The summed E-state index contributed by atoms with van der Waals surface area (Å²) in [5, 5.41) is 9.24. The minimum absolute atomic E-state index is 0.353. The van der Waals surface area contributed by atoms with Crippen LogP contribution >= 0.6 is 0 Å². The zero-order valence-corrected chi connectivity index (χ0v) is 21.3. The lowest BCUT2D eigenvalue weighted by Crippen LogP contribution is -2.00. The highest BCUT2D eigenvalue weighted by molar-refractivity contribution is 5.32. The summed E-state index contributed by atoms with van der Waals surface area (Å²) in [6.45, 7) is 25.9. The van der Waals surface area contributed by atoms with Crippen molar-refractivity contribution < 1.29 is 5.11 Å². The Kier molecular flexibility index (Phi) is 48.1. The first kappa shape index (κ1) is 37.1. The number of rotatable bonds is 1. The van der Waals surface area contributed by atoms with Crippen LogP contribution in [0.3, 0.4) is 0 Å². The van der Waals surface area contributed by atoms with Crippen LogP contribution in [0.25, 0.3) is 0 Å². The lowest BCUT2D eigenvalue weighted by molar-refractivity contribution is 0.235. The van der Waals surface area contributed by atoms with Crippen molar-refractivity contribution in [2.45, 2.75) is 103 Å². The maximum atomic E-state index is 9.24. The molecule has 1 unspecified atom stereocenters. The van der Waals surface area contributed by atoms with Gasteiger partial charge in [0.25, 0.3) is 0 Å². The molecule has 0 amide bonds. The van der Waals surface area contributed by atoms with E-state index < -0.39 is 0 Å². The molecule has 0 saturated heterocycles. The van der Waals surface area contributed by atoms with E-state index in [0.29, 0.717) is 0 Å². The molecule has 1 N–H and O–H groups in total. The van der Waals surface area contributed by atoms with Gasteiger partial charge in [0.2, 0.25) is 0 Å². The molecule has 0 saturated carbocycles. The standard InChI is InChI=1S/C10H14O.C6H7N.5C2H6/c1-8-4-3-5-10(7-6-8)9(2)11;1-6-3-2-4-7-5-6;5*1-2/h3,5-7,9,11H,4H2,1-2H3;2-5H,1H3;5*1-2H3. The molecule has 2 heteroatoms. The van der Waals surface area contributed by atoms with E-state index in [-0.39, 0.29) is 6.10 Å². The van der Waals surface area contributed by atoms with E-state index in [1.807, 2.05) is 107 Å². The highest BCUT2D eigenvalue weighted by Gasteiger charge is 2.01. The van der Waals surface area contributed by atoms with Crippen LogP contribution in [-0.2, 0) is 0 Å². The summed E-state index contributed by atoms with van der Waals surface area (Å²) in [6, 6.07) is 3.95. The van der Waals surface area contributed by atoms with E-state index in [9.17, 15) is 5.11 Å². The molecule has 1 atom stereocenters. The van der Waals surface area contributed by atoms with E-state index in [1.54, 1.807) is 13.1 Å². The summed E-state index contributed by atoms with van der Waals surface area (Å²) < 4.78 is 0. The van der Waals surface area contributed by atoms with Crippen LogP contribution < -0.4 is 0 Å². The molecule has 0 aliphatic heterocycles. The van der Waals surface area contributed by atoms with Gasteiger partial charge in [0.1, 0.15) is 0 Å². The van der Waals surface area contributed by atoms with E-state index in [4.69, 9.17) is 0 Å². The lowest BCUT2D eigenvalue weighted by Gasteiger charge is -2.02. The molecule has 28 heavy (non-hydrogen) atoms. The largest absolute Gasteiger partial charge is 0.389 e. The third kappa shape index (κ3) is 29.1. The van der Waals surface area contributed by atoms with Crippen molar-refractivity contribution in [3.63, 3.8) is 0 Å². The van der Waals surface area contributed by atoms with Gasteiger partial charge in [-0.05, 0) is 44.4 Å². The molecule has 1 heterocycles. The molecule has 1 aromatic rings. The summed E-state index contributed by atoms with van der Waals surface area (Å²) in [5.74, 6) is 0. The summed E-state index contributed by atoms with van der Waals surface area (Å²) >= 11 is 0. The minimum atomic E-state index is -0.353. The number of hydrogen-bond acceptors (Lipinski definition) is 2. The normalized spacial score (nSPS) is 11.2. The molecule has 1 aromatic heterocycles. The predicted octanol–water partition coefficient (Wildman–Crippen LogP) is 8.72. The first-order chi connectivity index (χ1) is 13.6. The SMILES string of the molecule is CC.CC.CC.CC.CC.CC1=CC=C(C(C)O)C=CC1.Cc1cccnc1. The number of aliphatic hydroxyl groups excluding tert-OH is 1. The average Bonchev–Trinajstić information content (AvgIpc) is 3.01. The number of aromatic nitrogens is 1. The molecular weight excluding hydrogens is 342 g/mol. The van der Waals surface area contributed by atoms with Gasteiger partial charge in [0, 0.05) is 12.4 Å². The fourth-order valence-electron chi connectivity index (χ4n) is 1.47. The van der Waals surface area contributed by atoms with Crippen LogP contribution in [0.4, 0.5) is 0 Å². The number of pyridine rings is 1. The molecule has 0 radical (unpaired) electrons. The first-order valence-electron chi connectivity index (χ1n) is 11.2. The van der Waals surface area contributed by atoms with Crippen molar-refractivity contribution in [3.05, 3.63) is 65.5 Å². The molecule has 0 spiro atoms. The van der Waals surface area contributed by atoms with Gasteiger partial charge in [0.15, 0.2) is 0 Å². The van der Waals surface area contributed by atoms with Crippen LogP contribution in [-0.4, -0.2) is 16.2 Å². The van der Waals surface area contributed by atoms with Crippen molar-refractivity contribution in [3.8, 4) is 0 Å². The van der Waals surface area contributed by atoms with Gasteiger partial charge in [-0.1, -0.05) is 105 Å². The van der Waals surface area contributed by atoms with Gasteiger partial charge in [-0.25, -0.2) is 0 Å². The van der Waals surface area contributed by atoms with Gasteiger partial charge in [-0.2, -0.15) is 0 Å². The van der Waals surface area contributed by atoms with E-state index >= 15 is 0 Å². The zero-order chi connectivity index (χ0) is 23.4. The second kappa shape index (κ2) is 36.3. The van der Waals surface area contributed by atoms with Crippen LogP contribution in [0.15, 0.2) is 60.0 Å². The zero-order valence-electron chi connectivity index (χ0n) is 21.3. The minimum Gasteiger partial charge on any atom is -0.389 e. The Morgan fingerprint density at radius 2 is 1.36 bits per heavy atom. The topological polar surface area (TPSA) is 33.1 Å². The summed E-state index contributed by atoms with van der Waals surface area (Å²) in [7, 11) is 0. The quantitative estimate of drug-likeness (QED) is 0.517. The highest BCUT2D eigenvalue weighted by atomic mass is 16.3. The van der Waals surface area contributed by atoms with Crippen molar-refractivity contribution >= 4 is 0 Å². The Hall–Kier alpha value is -1.67. The monoisotopic (exact) mass is 393 g/mol. The van der Waals surface area contributed by atoms with Gasteiger partial charge < -0.3 is 5.11 Å². The van der Waals surface area contributed by atoms with Gasteiger partial charge >= 0.3 is 0 Å². The Morgan fingerprint density at radius 3 is 1.68 bits per heavy atom. The molecule has 0 fully saturated rings. The molecular formula is C26H51NO. The van der Waals surface area contributed by atoms with Gasteiger partial charge in [-0.3, -0.25) is 4.98 Å². The third-order valence-electron chi connectivity index (χ3n) is 2.60.